The number of hydrogen-bond acceptors (Lipinski definition) is 6. The van der Waals surface area contributed by atoms with E-state index in [1.165, 1.54) is 29.6 Å². The van der Waals surface area contributed by atoms with Gasteiger partial charge in [0, 0.05) is 34.6 Å². The molecule has 45 heavy (non-hydrogen) atoms. The number of ketones is 1. The van der Waals surface area contributed by atoms with Crippen molar-refractivity contribution < 1.29 is 19.1 Å². The summed E-state index contributed by atoms with van der Waals surface area (Å²) in [6.07, 6.45) is 2.41. The van der Waals surface area contributed by atoms with Gasteiger partial charge in [-0.2, -0.15) is 0 Å². The summed E-state index contributed by atoms with van der Waals surface area (Å²) < 4.78 is 11.3. The van der Waals surface area contributed by atoms with Gasteiger partial charge in [0.2, 0.25) is 0 Å². The first kappa shape index (κ1) is 29.7. The summed E-state index contributed by atoms with van der Waals surface area (Å²) in [5.74, 6) is 0.239. The summed E-state index contributed by atoms with van der Waals surface area (Å²) in [5, 5.41) is 3.27. The predicted molar refractivity (Wildman–Crippen MR) is 179 cm³/mol. The molecule has 1 atom stereocenters. The number of carbonyl (C=O) groups is 2. The third kappa shape index (κ3) is 6.91. The van der Waals surface area contributed by atoms with Gasteiger partial charge in [-0.15, -0.1) is 0 Å². The molecule has 1 heterocycles. The number of esters is 1. The maximum atomic E-state index is 13.2. The fourth-order valence-corrected chi connectivity index (χ4v) is 5.90. The van der Waals surface area contributed by atoms with Crippen LogP contribution in [-0.4, -0.2) is 38.1 Å². The molecule has 0 spiro atoms. The molecule has 0 radical (unpaired) electrons. The SMILES string of the molecule is COC(=O)C(Cc1ccc(OCCN2c3ccccc3CCc3ccccc32)cc1)Nc1ccccc1C(=O)c1ccccc1. The van der Waals surface area contributed by atoms with Gasteiger partial charge in [-0.25, -0.2) is 4.79 Å². The first-order chi connectivity index (χ1) is 22.1. The van der Waals surface area contributed by atoms with E-state index < -0.39 is 12.0 Å². The fourth-order valence-electron chi connectivity index (χ4n) is 5.90. The van der Waals surface area contributed by atoms with Crippen LogP contribution in [0.3, 0.4) is 0 Å². The van der Waals surface area contributed by atoms with Gasteiger partial charge in [0.25, 0.3) is 0 Å². The van der Waals surface area contributed by atoms with Crippen LogP contribution in [0.2, 0.25) is 0 Å². The molecule has 5 aromatic rings. The van der Waals surface area contributed by atoms with E-state index in [4.69, 9.17) is 9.47 Å². The molecule has 6 nitrogen and oxygen atoms in total. The van der Waals surface area contributed by atoms with E-state index in [9.17, 15) is 9.59 Å². The minimum Gasteiger partial charge on any atom is -0.492 e. The normalized spacial score (nSPS) is 12.7. The van der Waals surface area contributed by atoms with Crippen molar-refractivity contribution in [2.75, 3.05) is 30.5 Å². The molecule has 6 heteroatoms. The van der Waals surface area contributed by atoms with Crippen molar-refractivity contribution in [3.8, 4) is 5.75 Å². The summed E-state index contributed by atoms with van der Waals surface area (Å²) >= 11 is 0. The third-order valence-corrected chi connectivity index (χ3v) is 8.20. The van der Waals surface area contributed by atoms with Gasteiger partial charge < -0.3 is 19.7 Å². The number of carbonyl (C=O) groups excluding carboxylic acids is 2. The highest BCUT2D eigenvalue weighted by atomic mass is 16.5. The van der Waals surface area contributed by atoms with Crippen molar-refractivity contribution in [1.82, 2.24) is 0 Å². The molecule has 0 amide bonds. The summed E-state index contributed by atoms with van der Waals surface area (Å²) in [6.45, 7) is 1.23. The molecule has 5 aromatic carbocycles. The van der Waals surface area contributed by atoms with E-state index in [1.54, 1.807) is 18.2 Å². The Balaban J connectivity index is 1.12. The Morgan fingerprint density at radius 1 is 0.733 bits per heavy atom. The van der Waals surface area contributed by atoms with Gasteiger partial charge in [0.1, 0.15) is 18.4 Å². The van der Waals surface area contributed by atoms with Crippen molar-refractivity contribution in [2.45, 2.75) is 25.3 Å². The largest absolute Gasteiger partial charge is 0.492 e. The monoisotopic (exact) mass is 596 g/mol. The second kappa shape index (κ2) is 14.0. The van der Waals surface area contributed by atoms with Gasteiger partial charge in [0.15, 0.2) is 5.78 Å². The maximum absolute atomic E-state index is 13.2. The van der Waals surface area contributed by atoms with Crippen LogP contribution in [0.1, 0.15) is 32.6 Å². The van der Waals surface area contributed by atoms with Crippen LogP contribution in [0.4, 0.5) is 17.1 Å². The van der Waals surface area contributed by atoms with E-state index in [-0.39, 0.29) is 5.78 Å². The molecule has 6 rings (SSSR count). The summed E-state index contributed by atoms with van der Waals surface area (Å²) in [7, 11) is 1.37. The predicted octanol–water partition coefficient (Wildman–Crippen LogP) is 7.43. The third-order valence-electron chi connectivity index (χ3n) is 8.20. The maximum Gasteiger partial charge on any atom is 0.328 e. The molecule has 0 saturated carbocycles. The molecular formula is C39H36N2O4. The van der Waals surface area contributed by atoms with Crippen LogP contribution in [-0.2, 0) is 28.8 Å². The number of benzene rings is 5. The fraction of sp³-hybridized carbons (Fsp3) is 0.179. The van der Waals surface area contributed by atoms with Gasteiger partial charge in [-0.1, -0.05) is 91.0 Å². The minimum atomic E-state index is -0.685. The molecule has 226 valence electrons. The van der Waals surface area contributed by atoms with Gasteiger partial charge in [-0.05, 0) is 65.9 Å². The number of para-hydroxylation sites is 3. The number of nitrogens with zero attached hydrogens (tertiary/aromatic N) is 1. The number of anilines is 3. The van der Waals surface area contributed by atoms with Crippen LogP contribution in [0.5, 0.6) is 5.75 Å². The van der Waals surface area contributed by atoms with Crippen LogP contribution in [0, 0.1) is 0 Å². The Bertz CT molecular complexity index is 1720. The lowest BCUT2D eigenvalue weighted by Crippen LogP contribution is -2.33. The molecule has 1 N–H and O–H groups in total. The highest BCUT2D eigenvalue weighted by Crippen LogP contribution is 2.35. The second-order valence-electron chi connectivity index (χ2n) is 11.1. The lowest BCUT2D eigenvalue weighted by molar-refractivity contribution is -0.141. The molecule has 0 bridgehead atoms. The van der Waals surface area contributed by atoms with Gasteiger partial charge in [0.05, 0.1) is 13.7 Å². The van der Waals surface area contributed by atoms with Crippen molar-refractivity contribution in [1.29, 1.82) is 0 Å². The first-order valence-electron chi connectivity index (χ1n) is 15.3. The zero-order valence-corrected chi connectivity index (χ0v) is 25.3. The highest BCUT2D eigenvalue weighted by molar-refractivity contribution is 6.12. The Morgan fingerprint density at radius 2 is 1.33 bits per heavy atom. The summed E-state index contributed by atoms with van der Waals surface area (Å²) in [6, 6.07) is 40.6. The molecule has 0 fully saturated rings. The Morgan fingerprint density at radius 3 is 2.00 bits per heavy atom. The molecule has 1 aliphatic rings. The van der Waals surface area contributed by atoms with Crippen LogP contribution in [0.25, 0.3) is 0 Å². The molecule has 0 aromatic heterocycles. The van der Waals surface area contributed by atoms with E-state index in [0.29, 0.717) is 36.4 Å². The number of methoxy groups -OCH3 is 1. The number of rotatable bonds is 11. The standard InChI is InChI=1S/C39H36N2O4/c1-44-39(43)35(40-34-16-8-7-15-33(34)38(42)31-13-3-2-4-14-31)27-28-19-23-32(24-20-28)45-26-25-41-36-17-9-5-11-29(36)21-22-30-12-6-10-18-37(30)41/h2-20,23-24,35,40H,21-22,25-27H2,1H3. The summed E-state index contributed by atoms with van der Waals surface area (Å²) in [5.41, 5.74) is 7.76. The van der Waals surface area contributed by atoms with Gasteiger partial charge >= 0.3 is 5.97 Å². The van der Waals surface area contributed by atoms with Crippen molar-refractivity contribution in [3.63, 3.8) is 0 Å². The lowest BCUT2D eigenvalue weighted by Gasteiger charge is -2.27. The average molecular weight is 597 g/mol. The Hall–Kier alpha value is -5.36. The zero-order valence-electron chi connectivity index (χ0n) is 25.3. The molecule has 1 aliphatic heterocycles. The van der Waals surface area contributed by atoms with Crippen molar-refractivity contribution in [2.24, 2.45) is 0 Å². The molecule has 0 saturated heterocycles. The van der Waals surface area contributed by atoms with Crippen molar-refractivity contribution >= 4 is 28.8 Å². The highest BCUT2D eigenvalue weighted by Gasteiger charge is 2.23. The van der Waals surface area contributed by atoms with E-state index >= 15 is 0 Å². The topological polar surface area (TPSA) is 67.9 Å². The zero-order chi connectivity index (χ0) is 31.0. The molecule has 0 aliphatic carbocycles. The van der Waals surface area contributed by atoms with Gasteiger partial charge in [-0.3, -0.25) is 4.79 Å². The van der Waals surface area contributed by atoms with Crippen LogP contribution >= 0.6 is 0 Å². The molecular weight excluding hydrogens is 560 g/mol. The van der Waals surface area contributed by atoms with E-state index in [2.05, 4.69) is 58.7 Å². The van der Waals surface area contributed by atoms with E-state index in [1.807, 2.05) is 60.7 Å². The Kier molecular flexibility index (Phi) is 9.21. The average Bonchev–Trinajstić information content (AvgIpc) is 3.25. The quantitative estimate of drug-likeness (QED) is 0.126. The van der Waals surface area contributed by atoms with Crippen molar-refractivity contribution in [3.05, 3.63) is 155 Å². The number of fused-ring (bicyclic) bond motifs is 2. The van der Waals surface area contributed by atoms with Crippen LogP contribution < -0.4 is 15.0 Å². The number of aryl methyl sites for hydroxylation is 2. The van der Waals surface area contributed by atoms with E-state index in [0.717, 1.165) is 24.2 Å². The smallest absolute Gasteiger partial charge is 0.328 e. The lowest BCUT2D eigenvalue weighted by atomic mass is 10.00. The minimum absolute atomic E-state index is 0.115. The number of nitrogens with one attached hydrogen (secondary N) is 1. The number of ether oxygens (including phenoxy) is 2. The molecule has 1 unspecified atom stereocenters. The Labute approximate surface area is 264 Å². The first-order valence-corrected chi connectivity index (χ1v) is 15.3. The summed E-state index contributed by atoms with van der Waals surface area (Å²) in [4.78, 5) is 28.4. The van der Waals surface area contributed by atoms with Crippen LogP contribution in [0.15, 0.2) is 127 Å². The second-order valence-corrected chi connectivity index (χ2v) is 11.1. The number of hydrogen-bond donors (Lipinski definition) is 1.